The van der Waals surface area contributed by atoms with Crippen molar-refractivity contribution >= 4 is 27.4 Å². The predicted molar refractivity (Wildman–Crippen MR) is 97.6 cm³/mol. The van der Waals surface area contributed by atoms with Gasteiger partial charge in [0.15, 0.2) is 10.3 Å². The maximum Gasteiger partial charge on any atom is 0.192 e. The lowest BCUT2D eigenvalue weighted by molar-refractivity contribution is 1.08. The van der Waals surface area contributed by atoms with Crippen molar-refractivity contribution in [3.8, 4) is 11.3 Å². The van der Waals surface area contributed by atoms with Crippen LogP contribution in [0.2, 0.25) is 0 Å². The van der Waals surface area contributed by atoms with E-state index in [1.807, 2.05) is 55.5 Å². The molecule has 5 nitrogen and oxygen atoms in total. The molecule has 118 valence electrons. The summed E-state index contributed by atoms with van der Waals surface area (Å²) in [5, 5.41) is 11.9. The lowest BCUT2D eigenvalue weighted by atomic mass is 10.2. The topological polar surface area (TPSA) is 66.0 Å². The van der Waals surface area contributed by atoms with E-state index in [-0.39, 0.29) is 0 Å². The van der Waals surface area contributed by atoms with E-state index in [0.717, 1.165) is 37.7 Å². The Hall–Kier alpha value is -2.99. The number of nitrogens with zero attached hydrogens (tertiary/aromatic N) is 3. The van der Waals surface area contributed by atoms with Gasteiger partial charge in [0.1, 0.15) is 4.70 Å². The van der Waals surface area contributed by atoms with Gasteiger partial charge in [0, 0.05) is 5.56 Å². The van der Waals surface area contributed by atoms with Crippen LogP contribution in [0, 0.1) is 6.92 Å². The van der Waals surface area contributed by atoms with Crippen LogP contribution in [0.5, 0.6) is 0 Å². The highest BCUT2D eigenvalue weighted by Gasteiger charge is 2.11. The maximum absolute atomic E-state index is 4.57. The highest BCUT2D eigenvalue weighted by Crippen LogP contribution is 2.26. The molecular formula is C18H15N5S. The van der Waals surface area contributed by atoms with Gasteiger partial charge in [-0.3, -0.25) is 10.5 Å². The molecule has 0 aliphatic heterocycles. The molecule has 0 saturated heterocycles. The summed E-state index contributed by atoms with van der Waals surface area (Å²) >= 11 is 1.58. The van der Waals surface area contributed by atoms with Crippen LogP contribution >= 0.6 is 11.3 Å². The van der Waals surface area contributed by atoms with Crippen LogP contribution in [0.1, 0.15) is 5.69 Å². The smallest absolute Gasteiger partial charge is 0.192 e. The number of para-hydroxylation sites is 1. The average molecular weight is 333 g/mol. The number of rotatable bonds is 3. The van der Waals surface area contributed by atoms with E-state index in [4.69, 9.17) is 0 Å². The average Bonchev–Trinajstić information content (AvgIpc) is 3.04. The van der Waals surface area contributed by atoms with Crippen molar-refractivity contribution < 1.29 is 0 Å². The first-order valence-electron chi connectivity index (χ1n) is 7.57. The molecule has 0 amide bonds. The van der Waals surface area contributed by atoms with E-state index in [0.29, 0.717) is 0 Å². The van der Waals surface area contributed by atoms with Gasteiger partial charge >= 0.3 is 0 Å². The second-order valence-corrected chi connectivity index (χ2v) is 6.31. The number of H-pyrrole nitrogens is 1. The second kappa shape index (κ2) is 6.25. The van der Waals surface area contributed by atoms with E-state index in [9.17, 15) is 0 Å². The molecule has 0 radical (unpaired) electrons. The van der Waals surface area contributed by atoms with Gasteiger partial charge in [-0.05, 0) is 19.1 Å². The highest BCUT2D eigenvalue weighted by atomic mass is 32.1. The second-order valence-electron chi connectivity index (χ2n) is 5.31. The molecule has 4 rings (SSSR count). The third-order valence-electron chi connectivity index (χ3n) is 3.61. The number of fused-ring (bicyclic) bond motifs is 1. The molecule has 0 unspecified atom stereocenters. The Bertz CT molecular complexity index is 1040. The SMILES string of the molecule is Cc1nc2n[nH]c(-c3ccccc3)c2s/c1=N/Nc1ccccc1. The number of nitrogens with one attached hydrogen (secondary N) is 2. The first-order valence-corrected chi connectivity index (χ1v) is 8.39. The molecule has 0 aliphatic carbocycles. The van der Waals surface area contributed by atoms with E-state index in [1.165, 1.54) is 0 Å². The molecule has 0 atom stereocenters. The summed E-state index contributed by atoms with van der Waals surface area (Å²) in [6, 6.07) is 20.0. The summed E-state index contributed by atoms with van der Waals surface area (Å²) < 4.78 is 1.84. The van der Waals surface area contributed by atoms with Crippen LogP contribution in [-0.4, -0.2) is 15.2 Å². The predicted octanol–water partition coefficient (Wildman–Crippen LogP) is 3.92. The van der Waals surface area contributed by atoms with Crippen molar-refractivity contribution in [3.05, 3.63) is 71.0 Å². The fourth-order valence-electron chi connectivity index (χ4n) is 2.40. The number of aromatic nitrogens is 3. The molecule has 2 N–H and O–H groups in total. The molecule has 0 bridgehead atoms. The minimum Gasteiger partial charge on any atom is -0.277 e. The van der Waals surface area contributed by atoms with Crippen LogP contribution in [0.3, 0.4) is 0 Å². The Morgan fingerprint density at radius 1 is 1.00 bits per heavy atom. The van der Waals surface area contributed by atoms with Gasteiger partial charge in [0.05, 0.1) is 17.1 Å². The number of aryl methyl sites for hydroxylation is 1. The maximum atomic E-state index is 4.57. The van der Waals surface area contributed by atoms with Crippen molar-refractivity contribution in [3.63, 3.8) is 0 Å². The van der Waals surface area contributed by atoms with E-state index in [2.05, 4.69) is 37.8 Å². The largest absolute Gasteiger partial charge is 0.277 e. The summed E-state index contributed by atoms with van der Waals surface area (Å²) in [5.74, 6) is 0. The molecule has 2 aromatic carbocycles. The van der Waals surface area contributed by atoms with Crippen molar-refractivity contribution in [2.75, 3.05) is 5.43 Å². The Kier molecular flexibility index (Phi) is 3.80. The fourth-order valence-corrected chi connectivity index (χ4v) is 3.33. The Morgan fingerprint density at radius 2 is 1.71 bits per heavy atom. The molecule has 0 fully saturated rings. The monoisotopic (exact) mass is 333 g/mol. The normalized spacial score (nSPS) is 11.8. The zero-order chi connectivity index (χ0) is 16.4. The number of hydrogen-bond acceptors (Lipinski definition) is 5. The Balaban J connectivity index is 1.81. The fraction of sp³-hybridized carbons (Fsp3) is 0.0556. The summed E-state index contributed by atoms with van der Waals surface area (Å²) in [6.45, 7) is 1.94. The molecule has 4 aromatic rings. The summed E-state index contributed by atoms with van der Waals surface area (Å²) in [5.41, 5.74) is 7.65. The van der Waals surface area contributed by atoms with Crippen molar-refractivity contribution in [2.45, 2.75) is 6.92 Å². The number of hydrogen-bond donors (Lipinski definition) is 2. The highest BCUT2D eigenvalue weighted by molar-refractivity contribution is 7.16. The first kappa shape index (κ1) is 14.6. The Labute approximate surface area is 142 Å². The quantitative estimate of drug-likeness (QED) is 0.558. The van der Waals surface area contributed by atoms with Crippen LogP contribution in [0.15, 0.2) is 65.8 Å². The van der Waals surface area contributed by atoms with Gasteiger partial charge in [-0.1, -0.05) is 48.5 Å². The zero-order valence-corrected chi connectivity index (χ0v) is 13.8. The molecule has 0 spiro atoms. The van der Waals surface area contributed by atoms with E-state index >= 15 is 0 Å². The van der Waals surface area contributed by atoms with Gasteiger partial charge < -0.3 is 0 Å². The molecule has 0 saturated carbocycles. The van der Waals surface area contributed by atoms with Gasteiger partial charge in [0.25, 0.3) is 0 Å². The molecule has 6 heteroatoms. The van der Waals surface area contributed by atoms with Gasteiger partial charge in [-0.15, -0.1) is 11.3 Å². The standard InChI is InChI=1S/C18H15N5S/c1-12-18(23-20-14-10-6-3-7-11-14)24-16-15(21-22-17(16)19-12)13-8-4-2-5-9-13/h2-11,20H,1H3,(H,21,22)/b23-18+. The van der Waals surface area contributed by atoms with Crippen molar-refractivity contribution in [1.29, 1.82) is 0 Å². The lowest BCUT2D eigenvalue weighted by Gasteiger charge is -2.00. The number of anilines is 1. The third kappa shape index (κ3) is 2.79. The molecule has 24 heavy (non-hydrogen) atoms. The van der Waals surface area contributed by atoms with Crippen molar-refractivity contribution in [1.82, 2.24) is 15.2 Å². The number of benzene rings is 2. The van der Waals surface area contributed by atoms with Crippen LogP contribution in [-0.2, 0) is 0 Å². The molecular weight excluding hydrogens is 318 g/mol. The Morgan fingerprint density at radius 3 is 2.46 bits per heavy atom. The minimum atomic E-state index is 0.718. The van der Waals surface area contributed by atoms with Gasteiger partial charge in [-0.2, -0.15) is 10.2 Å². The van der Waals surface area contributed by atoms with E-state index in [1.54, 1.807) is 11.3 Å². The van der Waals surface area contributed by atoms with Gasteiger partial charge in [-0.25, -0.2) is 4.98 Å². The lowest BCUT2D eigenvalue weighted by Crippen LogP contribution is -2.08. The molecule has 2 heterocycles. The van der Waals surface area contributed by atoms with Crippen molar-refractivity contribution in [2.24, 2.45) is 5.10 Å². The van der Waals surface area contributed by atoms with Crippen LogP contribution in [0.25, 0.3) is 21.6 Å². The van der Waals surface area contributed by atoms with Gasteiger partial charge in [0.2, 0.25) is 0 Å². The molecule has 0 aliphatic rings. The molecule has 2 aromatic heterocycles. The summed E-state index contributed by atoms with van der Waals surface area (Å²) in [7, 11) is 0. The third-order valence-corrected chi connectivity index (χ3v) is 4.78. The van der Waals surface area contributed by atoms with Crippen LogP contribution in [0.4, 0.5) is 5.69 Å². The first-order chi connectivity index (χ1) is 11.8. The number of aromatic amines is 1. The zero-order valence-electron chi connectivity index (χ0n) is 13.0. The summed E-state index contributed by atoms with van der Waals surface area (Å²) in [6.07, 6.45) is 0. The van der Waals surface area contributed by atoms with Crippen LogP contribution < -0.4 is 10.1 Å². The van der Waals surface area contributed by atoms with E-state index < -0.39 is 0 Å². The minimum absolute atomic E-state index is 0.718. The summed E-state index contributed by atoms with van der Waals surface area (Å²) in [4.78, 5) is 4.57.